The molecule has 2 aromatic heterocycles. The Morgan fingerprint density at radius 1 is 1.26 bits per heavy atom. The number of rotatable bonds is 8. The van der Waals surface area contributed by atoms with Gasteiger partial charge in [-0.3, -0.25) is 9.59 Å². The largest absolute Gasteiger partial charge is 0.478 e. The minimum Gasteiger partial charge on any atom is -0.478 e. The van der Waals surface area contributed by atoms with Gasteiger partial charge in [-0.15, -0.1) is 0 Å². The molecular weight excluding hydrogens is 440 g/mol. The van der Waals surface area contributed by atoms with Crippen LogP contribution >= 0.6 is 0 Å². The van der Waals surface area contributed by atoms with E-state index in [0.717, 1.165) is 5.56 Å². The minimum absolute atomic E-state index is 0.0749. The molecule has 34 heavy (non-hydrogen) atoms. The van der Waals surface area contributed by atoms with Gasteiger partial charge >= 0.3 is 5.97 Å². The quantitative estimate of drug-likeness (QED) is 0.386. The van der Waals surface area contributed by atoms with Gasteiger partial charge in [-0.1, -0.05) is 6.07 Å². The summed E-state index contributed by atoms with van der Waals surface area (Å²) in [4.78, 5) is 36.1. The summed E-state index contributed by atoms with van der Waals surface area (Å²) in [6.07, 6.45) is 1.29. The molecule has 0 spiro atoms. The Hall–Kier alpha value is -4.49. The predicted octanol–water partition coefficient (Wildman–Crippen LogP) is 2.59. The van der Waals surface area contributed by atoms with Gasteiger partial charge in [0.25, 0.3) is 11.5 Å². The molecular formula is C24H22N4O6. The third-order valence-corrected chi connectivity index (χ3v) is 5.06. The number of methoxy groups -OCH3 is 1. The highest BCUT2D eigenvalue weighted by atomic mass is 16.5. The summed E-state index contributed by atoms with van der Waals surface area (Å²) in [5.41, 5.74) is 4.23. The Morgan fingerprint density at radius 2 is 2.03 bits per heavy atom. The first-order chi connectivity index (χ1) is 16.2. The highest BCUT2D eigenvalue weighted by Crippen LogP contribution is 2.26. The zero-order chi connectivity index (χ0) is 24.8. The number of amides is 1. The van der Waals surface area contributed by atoms with E-state index in [9.17, 15) is 24.8 Å². The molecule has 3 rings (SSSR count). The van der Waals surface area contributed by atoms with Crippen molar-refractivity contribution in [2.75, 3.05) is 7.11 Å². The third kappa shape index (κ3) is 5.28. The standard InChI is InChI=1S/C24H22N4O6/c1-14-4-5-16(24(31)32)9-19(14)21-7-6-18(34-21)11-26-27-22(29)12-28-15(2)8-17(13-33-3)20(10-25)23(28)30/h4-9,11H,12-13H2,1-3H3,(H,27,29)(H,31,32). The number of aromatic carboxylic acids is 1. The number of hydrogen-bond donors (Lipinski definition) is 2. The SMILES string of the molecule is COCc1cc(C)n(CC(=O)NN=Cc2ccc(-c3cc(C(=O)O)ccc3C)o2)c(=O)c1C#N. The molecule has 174 valence electrons. The van der Waals surface area contributed by atoms with Gasteiger partial charge in [0.2, 0.25) is 0 Å². The first kappa shape index (κ1) is 24.2. The van der Waals surface area contributed by atoms with Crippen LogP contribution in [0.15, 0.2) is 50.7 Å². The second-order valence-corrected chi connectivity index (χ2v) is 7.45. The molecule has 1 aromatic carbocycles. The van der Waals surface area contributed by atoms with Crippen LogP contribution in [0.25, 0.3) is 11.3 Å². The lowest BCUT2D eigenvalue weighted by molar-refractivity contribution is -0.121. The average Bonchev–Trinajstić information content (AvgIpc) is 3.26. The zero-order valence-electron chi connectivity index (χ0n) is 18.8. The van der Waals surface area contributed by atoms with E-state index in [1.165, 1.54) is 30.0 Å². The van der Waals surface area contributed by atoms with Crippen LogP contribution in [0.1, 0.15) is 38.5 Å². The molecule has 0 atom stereocenters. The maximum absolute atomic E-state index is 12.6. The van der Waals surface area contributed by atoms with Crippen molar-refractivity contribution in [3.05, 3.63) is 80.5 Å². The summed E-state index contributed by atoms with van der Waals surface area (Å²) in [6, 6.07) is 11.5. The molecule has 0 saturated carbocycles. The van der Waals surface area contributed by atoms with Gasteiger partial charge in [-0.05, 0) is 49.7 Å². The highest BCUT2D eigenvalue weighted by Gasteiger charge is 2.15. The molecule has 0 fully saturated rings. The number of hydrazone groups is 1. The van der Waals surface area contributed by atoms with Crippen LogP contribution in [0.5, 0.6) is 0 Å². The van der Waals surface area contributed by atoms with Crippen molar-refractivity contribution in [2.24, 2.45) is 5.10 Å². The van der Waals surface area contributed by atoms with Crippen LogP contribution in [-0.4, -0.2) is 34.9 Å². The van der Waals surface area contributed by atoms with E-state index in [0.29, 0.717) is 28.3 Å². The van der Waals surface area contributed by atoms with E-state index in [4.69, 9.17) is 9.15 Å². The first-order valence-corrected chi connectivity index (χ1v) is 10.1. The Morgan fingerprint density at radius 3 is 2.71 bits per heavy atom. The summed E-state index contributed by atoms with van der Waals surface area (Å²) < 4.78 is 11.9. The molecule has 10 heteroatoms. The van der Waals surface area contributed by atoms with E-state index in [2.05, 4.69) is 10.5 Å². The van der Waals surface area contributed by atoms with Crippen LogP contribution < -0.4 is 11.0 Å². The number of aromatic nitrogens is 1. The fourth-order valence-electron chi connectivity index (χ4n) is 3.35. The van der Waals surface area contributed by atoms with Crippen molar-refractivity contribution in [1.82, 2.24) is 9.99 Å². The number of furan rings is 1. The molecule has 0 bridgehead atoms. The molecule has 1 amide bonds. The lowest BCUT2D eigenvalue weighted by Crippen LogP contribution is -2.33. The topological polar surface area (TPSA) is 147 Å². The van der Waals surface area contributed by atoms with Crippen molar-refractivity contribution >= 4 is 18.1 Å². The fourth-order valence-corrected chi connectivity index (χ4v) is 3.35. The Bertz CT molecular complexity index is 1380. The molecule has 0 unspecified atom stereocenters. The predicted molar refractivity (Wildman–Crippen MR) is 122 cm³/mol. The Labute approximate surface area is 194 Å². The number of carboxylic acid groups (broad SMARTS) is 1. The molecule has 0 aliphatic heterocycles. The number of benzene rings is 1. The van der Waals surface area contributed by atoms with Crippen molar-refractivity contribution in [1.29, 1.82) is 5.26 Å². The molecule has 3 aromatic rings. The average molecular weight is 462 g/mol. The Balaban J connectivity index is 1.71. The molecule has 0 aliphatic rings. The van der Waals surface area contributed by atoms with Crippen LogP contribution in [0, 0.1) is 25.2 Å². The van der Waals surface area contributed by atoms with Crippen LogP contribution in [0.2, 0.25) is 0 Å². The number of carboxylic acids is 1. The summed E-state index contributed by atoms with van der Waals surface area (Å²) in [6.45, 7) is 3.28. The number of hydrogen-bond acceptors (Lipinski definition) is 7. The number of nitrogens with zero attached hydrogens (tertiary/aromatic N) is 3. The zero-order valence-corrected chi connectivity index (χ0v) is 18.8. The lowest BCUT2D eigenvalue weighted by Gasteiger charge is -2.12. The van der Waals surface area contributed by atoms with Crippen LogP contribution in [-0.2, 0) is 22.7 Å². The smallest absolute Gasteiger partial charge is 0.335 e. The van der Waals surface area contributed by atoms with Gasteiger partial charge in [0.05, 0.1) is 18.4 Å². The normalized spacial score (nSPS) is 10.9. The monoisotopic (exact) mass is 462 g/mol. The Kier molecular flexibility index (Phi) is 7.40. The summed E-state index contributed by atoms with van der Waals surface area (Å²) in [5, 5.41) is 22.3. The first-order valence-electron chi connectivity index (χ1n) is 10.1. The van der Waals surface area contributed by atoms with Gasteiger partial charge < -0.3 is 18.8 Å². The van der Waals surface area contributed by atoms with Crippen molar-refractivity contribution in [3.63, 3.8) is 0 Å². The summed E-state index contributed by atoms with van der Waals surface area (Å²) in [5.74, 6) is -0.821. The number of ether oxygens (including phenoxy) is 1. The number of carbonyl (C=O) groups excluding carboxylic acids is 1. The number of pyridine rings is 1. The second-order valence-electron chi connectivity index (χ2n) is 7.45. The van der Waals surface area contributed by atoms with Crippen molar-refractivity contribution in [3.8, 4) is 17.4 Å². The van der Waals surface area contributed by atoms with Crippen molar-refractivity contribution in [2.45, 2.75) is 27.0 Å². The van der Waals surface area contributed by atoms with Crippen LogP contribution in [0.3, 0.4) is 0 Å². The van der Waals surface area contributed by atoms with Gasteiger partial charge in [-0.2, -0.15) is 10.4 Å². The maximum Gasteiger partial charge on any atom is 0.335 e. The van der Waals surface area contributed by atoms with E-state index >= 15 is 0 Å². The van der Waals surface area contributed by atoms with Crippen molar-refractivity contribution < 1.29 is 23.8 Å². The van der Waals surface area contributed by atoms with Crippen LogP contribution in [0.4, 0.5) is 0 Å². The van der Waals surface area contributed by atoms with Gasteiger partial charge in [0.15, 0.2) is 0 Å². The molecule has 0 radical (unpaired) electrons. The molecule has 2 heterocycles. The summed E-state index contributed by atoms with van der Waals surface area (Å²) >= 11 is 0. The maximum atomic E-state index is 12.6. The number of nitriles is 1. The fraction of sp³-hybridized carbons (Fsp3) is 0.208. The van der Waals surface area contributed by atoms with E-state index < -0.39 is 17.4 Å². The highest BCUT2D eigenvalue weighted by molar-refractivity contribution is 5.89. The molecule has 10 nitrogen and oxygen atoms in total. The number of carbonyl (C=O) groups is 2. The summed E-state index contributed by atoms with van der Waals surface area (Å²) in [7, 11) is 1.46. The molecule has 2 N–H and O–H groups in total. The number of nitrogens with one attached hydrogen (secondary N) is 1. The van der Waals surface area contributed by atoms with Gasteiger partial charge in [0, 0.05) is 23.9 Å². The minimum atomic E-state index is -1.04. The van der Waals surface area contributed by atoms with E-state index in [1.54, 1.807) is 31.2 Å². The van der Waals surface area contributed by atoms with Gasteiger partial charge in [0.1, 0.15) is 29.7 Å². The lowest BCUT2D eigenvalue weighted by atomic mass is 10.0. The van der Waals surface area contributed by atoms with E-state index in [-0.39, 0.29) is 24.3 Å². The van der Waals surface area contributed by atoms with E-state index in [1.807, 2.05) is 13.0 Å². The second kappa shape index (κ2) is 10.4. The molecule has 0 saturated heterocycles. The third-order valence-electron chi connectivity index (χ3n) is 5.06. The van der Waals surface area contributed by atoms with Gasteiger partial charge in [-0.25, -0.2) is 10.2 Å². The molecule has 0 aliphatic carbocycles. The number of aryl methyl sites for hydroxylation is 2.